The molecule has 0 spiro atoms. The Bertz CT molecular complexity index is 697. The number of carbonyl (C=O) groups excluding carboxylic acids is 1. The minimum atomic E-state index is -0.0384. The molecule has 4 heteroatoms. The second-order valence-corrected chi connectivity index (χ2v) is 6.98. The molecular weight excluding hydrogens is 306 g/mol. The Balaban J connectivity index is 1.97. The van der Waals surface area contributed by atoms with Crippen molar-refractivity contribution in [3.63, 3.8) is 0 Å². The molecule has 1 aliphatic rings. The number of ether oxygens (including phenoxy) is 1. The van der Waals surface area contributed by atoms with Crippen LogP contribution in [0.3, 0.4) is 0 Å². The first-order chi connectivity index (χ1) is 11.1. The van der Waals surface area contributed by atoms with Crippen LogP contribution in [-0.2, 0) is 4.79 Å². The zero-order valence-corrected chi connectivity index (χ0v) is 14.5. The van der Waals surface area contributed by atoms with E-state index < -0.39 is 0 Å². The van der Waals surface area contributed by atoms with E-state index in [0.717, 1.165) is 17.0 Å². The summed E-state index contributed by atoms with van der Waals surface area (Å²) in [7, 11) is 1.67. The highest BCUT2D eigenvalue weighted by Crippen LogP contribution is 2.44. The van der Waals surface area contributed by atoms with E-state index in [9.17, 15) is 4.79 Å². The highest BCUT2D eigenvalue weighted by atomic mass is 32.2. The van der Waals surface area contributed by atoms with Crippen molar-refractivity contribution in [2.45, 2.75) is 25.1 Å². The molecule has 0 aliphatic carbocycles. The van der Waals surface area contributed by atoms with E-state index in [0.29, 0.717) is 11.7 Å². The Morgan fingerprint density at radius 3 is 2.48 bits per heavy atom. The molecule has 1 fully saturated rings. The summed E-state index contributed by atoms with van der Waals surface area (Å²) in [5.74, 6) is 1.94. The molecule has 1 amide bonds. The molecule has 3 rings (SSSR count). The third-order valence-electron chi connectivity index (χ3n) is 4.11. The van der Waals surface area contributed by atoms with Crippen LogP contribution in [0.1, 0.15) is 36.3 Å². The lowest BCUT2D eigenvalue weighted by Gasteiger charge is -2.26. The number of rotatable bonds is 4. The van der Waals surface area contributed by atoms with Crippen molar-refractivity contribution in [2.24, 2.45) is 0 Å². The Morgan fingerprint density at radius 1 is 1.13 bits per heavy atom. The van der Waals surface area contributed by atoms with Gasteiger partial charge in [0.05, 0.1) is 12.9 Å². The van der Waals surface area contributed by atoms with Crippen molar-refractivity contribution in [1.82, 2.24) is 0 Å². The van der Waals surface area contributed by atoms with Gasteiger partial charge < -0.3 is 4.74 Å². The Hall–Kier alpha value is -1.94. The van der Waals surface area contributed by atoms with Gasteiger partial charge in [0.15, 0.2) is 0 Å². The highest BCUT2D eigenvalue weighted by Gasteiger charge is 2.35. The summed E-state index contributed by atoms with van der Waals surface area (Å²) in [4.78, 5) is 14.3. The number of anilines is 1. The number of para-hydroxylation sites is 1. The first-order valence-electron chi connectivity index (χ1n) is 7.78. The van der Waals surface area contributed by atoms with Crippen molar-refractivity contribution < 1.29 is 9.53 Å². The quantitative estimate of drug-likeness (QED) is 0.822. The summed E-state index contributed by atoms with van der Waals surface area (Å²) in [6, 6.07) is 16.2. The third-order valence-corrected chi connectivity index (χ3v) is 5.30. The van der Waals surface area contributed by atoms with Gasteiger partial charge in [-0.15, -0.1) is 11.8 Å². The fourth-order valence-electron chi connectivity index (χ4n) is 2.82. The predicted octanol–water partition coefficient (Wildman–Crippen LogP) is 4.60. The lowest BCUT2D eigenvalue weighted by Crippen LogP contribution is -2.28. The van der Waals surface area contributed by atoms with E-state index in [4.69, 9.17) is 4.74 Å². The molecule has 2 aromatic rings. The van der Waals surface area contributed by atoms with Gasteiger partial charge in [-0.25, -0.2) is 0 Å². The fourth-order valence-corrected chi connectivity index (χ4v) is 4.03. The molecule has 2 aromatic carbocycles. The highest BCUT2D eigenvalue weighted by molar-refractivity contribution is 8.00. The molecule has 3 nitrogen and oxygen atoms in total. The summed E-state index contributed by atoms with van der Waals surface area (Å²) in [5, 5.41) is -0.0384. The summed E-state index contributed by atoms with van der Waals surface area (Å²) < 4.78 is 5.48. The van der Waals surface area contributed by atoms with Crippen LogP contribution >= 0.6 is 11.8 Å². The molecule has 1 aliphatic heterocycles. The van der Waals surface area contributed by atoms with E-state index in [2.05, 4.69) is 26.0 Å². The maximum atomic E-state index is 12.4. The minimum Gasteiger partial charge on any atom is -0.496 e. The van der Waals surface area contributed by atoms with Crippen molar-refractivity contribution in [2.75, 3.05) is 17.8 Å². The van der Waals surface area contributed by atoms with Crippen molar-refractivity contribution >= 4 is 23.4 Å². The van der Waals surface area contributed by atoms with E-state index in [1.165, 1.54) is 5.56 Å². The summed E-state index contributed by atoms with van der Waals surface area (Å²) in [6.45, 7) is 4.34. The Morgan fingerprint density at radius 2 is 1.83 bits per heavy atom. The summed E-state index contributed by atoms with van der Waals surface area (Å²) in [5.41, 5.74) is 3.26. The average Bonchev–Trinajstić information content (AvgIpc) is 2.96. The molecule has 0 radical (unpaired) electrons. The van der Waals surface area contributed by atoms with Gasteiger partial charge in [-0.05, 0) is 29.7 Å². The number of hydrogen-bond donors (Lipinski definition) is 0. The van der Waals surface area contributed by atoms with Crippen LogP contribution < -0.4 is 9.64 Å². The van der Waals surface area contributed by atoms with Gasteiger partial charge in [0.1, 0.15) is 11.1 Å². The van der Waals surface area contributed by atoms with Gasteiger partial charge in [-0.3, -0.25) is 9.69 Å². The SMILES string of the molecule is COc1ccccc1[C@@H]1SCC(=O)N1c1ccc(C(C)C)cc1. The largest absolute Gasteiger partial charge is 0.496 e. The van der Waals surface area contributed by atoms with Crippen LogP contribution in [0.2, 0.25) is 0 Å². The molecule has 0 saturated carbocycles. The predicted molar refractivity (Wildman–Crippen MR) is 96.2 cm³/mol. The molecule has 23 heavy (non-hydrogen) atoms. The van der Waals surface area contributed by atoms with Crippen molar-refractivity contribution in [3.8, 4) is 5.75 Å². The number of nitrogens with zero attached hydrogens (tertiary/aromatic N) is 1. The van der Waals surface area contributed by atoms with Gasteiger partial charge in [0.25, 0.3) is 0 Å². The third kappa shape index (κ3) is 3.08. The van der Waals surface area contributed by atoms with Crippen LogP contribution in [0.5, 0.6) is 5.75 Å². The Labute approximate surface area is 141 Å². The zero-order valence-electron chi connectivity index (χ0n) is 13.7. The second kappa shape index (κ2) is 6.67. The van der Waals surface area contributed by atoms with E-state index in [1.807, 2.05) is 41.3 Å². The van der Waals surface area contributed by atoms with Crippen molar-refractivity contribution in [1.29, 1.82) is 0 Å². The van der Waals surface area contributed by atoms with Crippen LogP contribution in [0.15, 0.2) is 48.5 Å². The lowest BCUT2D eigenvalue weighted by atomic mass is 10.0. The normalized spacial score (nSPS) is 17.8. The maximum Gasteiger partial charge on any atom is 0.238 e. The molecule has 1 heterocycles. The first kappa shape index (κ1) is 15.9. The van der Waals surface area contributed by atoms with Gasteiger partial charge in [-0.1, -0.05) is 44.2 Å². The lowest BCUT2D eigenvalue weighted by molar-refractivity contribution is -0.115. The number of carbonyl (C=O) groups is 1. The number of hydrogen-bond acceptors (Lipinski definition) is 3. The molecule has 0 bridgehead atoms. The average molecular weight is 327 g/mol. The second-order valence-electron chi connectivity index (χ2n) is 5.92. The van der Waals surface area contributed by atoms with E-state index in [-0.39, 0.29) is 11.3 Å². The van der Waals surface area contributed by atoms with Crippen molar-refractivity contribution in [3.05, 3.63) is 59.7 Å². The van der Waals surface area contributed by atoms with Crippen LogP contribution in [0, 0.1) is 0 Å². The number of thioether (sulfide) groups is 1. The van der Waals surface area contributed by atoms with Gasteiger partial charge in [-0.2, -0.15) is 0 Å². The molecule has 1 saturated heterocycles. The zero-order chi connectivity index (χ0) is 16.4. The van der Waals surface area contributed by atoms with Gasteiger partial charge in [0.2, 0.25) is 5.91 Å². The molecular formula is C19H21NO2S. The molecule has 120 valence electrons. The smallest absolute Gasteiger partial charge is 0.238 e. The molecule has 1 atom stereocenters. The maximum absolute atomic E-state index is 12.4. The van der Waals surface area contributed by atoms with E-state index in [1.54, 1.807) is 18.9 Å². The van der Waals surface area contributed by atoms with Crippen LogP contribution in [0.25, 0.3) is 0 Å². The van der Waals surface area contributed by atoms with E-state index >= 15 is 0 Å². The summed E-state index contributed by atoms with van der Waals surface area (Å²) >= 11 is 1.64. The van der Waals surface area contributed by atoms with Crippen LogP contribution in [-0.4, -0.2) is 18.8 Å². The first-order valence-corrected chi connectivity index (χ1v) is 8.83. The summed E-state index contributed by atoms with van der Waals surface area (Å²) in [6.07, 6.45) is 0. The fraction of sp³-hybridized carbons (Fsp3) is 0.316. The number of amides is 1. The standard InChI is InChI=1S/C19H21NO2S/c1-13(2)14-8-10-15(11-9-14)20-18(21)12-23-19(20)16-6-4-5-7-17(16)22-3/h4-11,13,19H,12H2,1-3H3/t19-/m0/s1. The number of benzene rings is 2. The molecule has 0 unspecified atom stereocenters. The topological polar surface area (TPSA) is 29.5 Å². The Kier molecular flexibility index (Phi) is 4.62. The number of methoxy groups -OCH3 is 1. The van der Waals surface area contributed by atoms with Crippen LogP contribution in [0.4, 0.5) is 5.69 Å². The molecule has 0 aromatic heterocycles. The van der Waals surface area contributed by atoms with Gasteiger partial charge in [0, 0.05) is 11.3 Å². The minimum absolute atomic E-state index is 0.0384. The molecule has 0 N–H and O–H groups in total. The monoisotopic (exact) mass is 327 g/mol. The van der Waals surface area contributed by atoms with Gasteiger partial charge >= 0.3 is 0 Å².